The van der Waals surface area contributed by atoms with E-state index < -0.39 is 5.41 Å². The van der Waals surface area contributed by atoms with Gasteiger partial charge in [-0.25, -0.2) is 9.97 Å². The molecule has 0 radical (unpaired) electrons. The number of esters is 1. The van der Waals surface area contributed by atoms with Crippen molar-refractivity contribution in [3.8, 4) is 0 Å². The van der Waals surface area contributed by atoms with Crippen molar-refractivity contribution >= 4 is 33.2 Å². The molecular weight excluding hydrogens is 360 g/mol. The lowest BCUT2D eigenvalue weighted by Gasteiger charge is -2.38. The Morgan fingerprint density at radius 1 is 1.48 bits per heavy atom. The number of rotatable bonds is 2. The van der Waals surface area contributed by atoms with Gasteiger partial charge in [0.2, 0.25) is 0 Å². The molecule has 2 aromatic heterocycles. The number of carbonyl (C=O) groups is 1. The van der Waals surface area contributed by atoms with Crippen LogP contribution in [-0.2, 0) is 9.53 Å². The lowest BCUT2D eigenvalue weighted by atomic mass is 9.65. The van der Waals surface area contributed by atoms with Gasteiger partial charge in [0.15, 0.2) is 5.82 Å². The third-order valence-electron chi connectivity index (χ3n) is 5.74. The van der Waals surface area contributed by atoms with Gasteiger partial charge in [0.1, 0.15) is 15.9 Å². The summed E-state index contributed by atoms with van der Waals surface area (Å²) in [5, 5.41) is 0. The van der Waals surface area contributed by atoms with Gasteiger partial charge < -0.3 is 10.5 Å². The van der Waals surface area contributed by atoms with Crippen LogP contribution in [0.25, 0.3) is 5.52 Å². The van der Waals surface area contributed by atoms with E-state index in [1.165, 1.54) is 7.11 Å². The molecule has 0 unspecified atom stereocenters. The quantitative estimate of drug-likeness (QED) is 0.808. The summed E-state index contributed by atoms with van der Waals surface area (Å²) < 4.78 is 7.72. The zero-order chi connectivity index (χ0) is 17.0. The maximum atomic E-state index is 12.4. The first-order valence-electron chi connectivity index (χ1n) is 7.60. The Morgan fingerprint density at radius 3 is 2.83 bits per heavy atom. The molecule has 23 heavy (non-hydrogen) atoms. The molecule has 2 N–H and O–H groups in total. The number of imidazole rings is 1. The first-order chi connectivity index (χ1) is 10.7. The molecule has 6 nitrogen and oxygen atoms in total. The van der Waals surface area contributed by atoms with Gasteiger partial charge in [0.25, 0.3) is 0 Å². The smallest absolute Gasteiger partial charge is 0.312 e. The highest BCUT2D eigenvalue weighted by atomic mass is 79.9. The van der Waals surface area contributed by atoms with Crippen molar-refractivity contribution in [3.05, 3.63) is 22.8 Å². The Morgan fingerprint density at radius 2 is 2.17 bits per heavy atom. The van der Waals surface area contributed by atoms with Crippen LogP contribution in [0.4, 0.5) is 5.82 Å². The molecule has 2 atom stereocenters. The lowest BCUT2D eigenvalue weighted by molar-refractivity contribution is -0.157. The Bertz CT molecular complexity index is 786. The van der Waals surface area contributed by atoms with Crippen LogP contribution in [0.3, 0.4) is 0 Å². The fraction of sp³-hybridized carbons (Fsp3) is 0.562. The van der Waals surface area contributed by atoms with Crippen LogP contribution in [0.2, 0.25) is 0 Å². The van der Waals surface area contributed by atoms with Crippen LogP contribution in [0.15, 0.2) is 17.0 Å². The Kier molecular flexibility index (Phi) is 3.66. The number of nitrogens with zero attached hydrogens (tertiary/aromatic N) is 3. The molecule has 7 heteroatoms. The van der Waals surface area contributed by atoms with E-state index >= 15 is 0 Å². The summed E-state index contributed by atoms with van der Waals surface area (Å²) in [6.45, 7) is 6.21. The number of anilines is 1. The van der Waals surface area contributed by atoms with Gasteiger partial charge in [-0.3, -0.25) is 9.20 Å². The predicted octanol–water partition coefficient (Wildman–Crippen LogP) is 3.16. The minimum Gasteiger partial charge on any atom is -0.469 e. The van der Waals surface area contributed by atoms with Crippen LogP contribution >= 0.6 is 15.9 Å². The van der Waals surface area contributed by atoms with Gasteiger partial charge in [-0.05, 0) is 41.1 Å². The molecule has 1 fully saturated rings. The number of methoxy groups -OCH3 is 1. The van der Waals surface area contributed by atoms with Gasteiger partial charge in [-0.15, -0.1) is 0 Å². The number of fused-ring (bicyclic) bond motifs is 1. The molecule has 1 aliphatic carbocycles. The number of hydrogen-bond acceptors (Lipinski definition) is 5. The molecule has 1 aliphatic rings. The first kappa shape index (κ1) is 16.2. The Hall–Kier alpha value is -1.63. The molecule has 2 heterocycles. The number of ether oxygens (including phenoxy) is 1. The normalized spacial score (nSPS) is 26.6. The van der Waals surface area contributed by atoms with E-state index in [9.17, 15) is 4.79 Å². The van der Waals surface area contributed by atoms with Gasteiger partial charge in [0, 0.05) is 18.3 Å². The highest BCUT2D eigenvalue weighted by molar-refractivity contribution is 9.10. The number of nitrogen functional groups attached to an aromatic ring is 1. The number of hydrogen-bond donors (Lipinski definition) is 1. The summed E-state index contributed by atoms with van der Waals surface area (Å²) in [5.74, 6) is 1.29. The molecule has 0 saturated heterocycles. The molecule has 1 saturated carbocycles. The second-order valence-electron chi connectivity index (χ2n) is 6.93. The maximum absolute atomic E-state index is 12.4. The monoisotopic (exact) mass is 380 g/mol. The summed E-state index contributed by atoms with van der Waals surface area (Å²) in [5.41, 5.74) is 5.92. The van der Waals surface area contributed by atoms with Gasteiger partial charge >= 0.3 is 5.97 Å². The molecule has 0 bridgehead atoms. The second-order valence-corrected chi connectivity index (χ2v) is 7.68. The van der Waals surface area contributed by atoms with Crippen molar-refractivity contribution in [2.45, 2.75) is 39.5 Å². The molecule has 0 aliphatic heterocycles. The predicted molar refractivity (Wildman–Crippen MR) is 91.0 cm³/mol. The van der Waals surface area contributed by atoms with Crippen molar-refractivity contribution in [1.82, 2.24) is 14.4 Å². The number of halogens is 1. The van der Waals surface area contributed by atoms with E-state index in [0.29, 0.717) is 10.4 Å². The lowest BCUT2D eigenvalue weighted by Crippen LogP contribution is -2.41. The van der Waals surface area contributed by atoms with E-state index in [-0.39, 0.29) is 17.3 Å². The van der Waals surface area contributed by atoms with Crippen molar-refractivity contribution < 1.29 is 9.53 Å². The topological polar surface area (TPSA) is 82.5 Å². The van der Waals surface area contributed by atoms with Crippen LogP contribution < -0.4 is 5.73 Å². The summed E-state index contributed by atoms with van der Waals surface area (Å²) in [6.07, 6.45) is 5.17. The number of nitrogens with two attached hydrogens (primary N) is 1. The first-order valence-corrected chi connectivity index (χ1v) is 8.39. The van der Waals surface area contributed by atoms with Crippen molar-refractivity contribution in [2.75, 3.05) is 12.8 Å². The summed E-state index contributed by atoms with van der Waals surface area (Å²) in [7, 11) is 1.45. The van der Waals surface area contributed by atoms with E-state index in [0.717, 1.165) is 24.2 Å². The third-order valence-corrected chi connectivity index (χ3v) is 6.29. The minimum absolute atomic E-state index is 0.118. The minimum atomic E-state index is -0.538. The van der Waals surface area contributed by atoms with Crippen LogP contribution in [0.1, 0.15) is 45.4 Å². The average Bonchev–Trinajstić information content (AvgIpc) is 2.95. The molecule has 3 rings (SSSR count). The maximum Gasteiger partial charge on any atom is 0.312 e. The third kappa shape index (κ3) is 2.09. The van der Waals surface area contributed by atoms with Gasteiger partial charge in [-0.1, -0.05) is 13.8 Å². The molecular formula is C16H21BrN4O2. The SMILES string of the molecule is COC(=O)[C@]1(C)CC[C@@H](c2nc(Br)c3c(N)nccn23)C1(C)C. The van der Waals surface area contributed by atoms with Crippen molar-refractivity contribution in [1.29, 1.82) is 0 Å². The van der Waals surface area contributed by atoms with E-state index in [2.05, 4.69) is 39.7 Å². The summed E-state index contributed by atoms with van der Waals surface area (Å²) >= 11 is 3.48. The number of aromatic nitrogens is 3. The fourth-order valence-corrected chi connectivity index (χ4v) is 4.41. The molecule has 2 aromatic rings. The number of carbonyl (C=O) groups excluding carboxylic acids is 1. The molecule has 124 valence electrons. The molecule has 0 aromatic carbocycles. The second kappa shape index (κ2) is 5.19. The Labute approximate surface area is 143 Å². The van der Waals surface area contributed by atoms with Crippen molar-refractivity contribution in [3.63, 3.8) is 0 Å². The van der Waals surface area contributed by atoms with E-state index in [1.807, 2.05) is 17.5 Å². The Balaban J connectivity index is 2.14. The molecule has 0 spiro atoms. The van der Waals surface area contributed by atoms with Gasteiger partial charge in [0.05, 0.1) is 12.5 Å². The fourth-order valence-electron chi connectivity index (χ4n) is 3.83. The van der Waals surface area contributed by atoms with Gasteiger partial charge in [-0.2, -0.15) is 0 Å². The van der Waals surface area contributed by atoms with Crippen molar-refractivity contribution in [2.24, 2.45) is 10.8 Å². The molecule has 0 amide bonds. The summed E-state index contributed by atoms with van der Waals surface area (Å²) in [4.78, 5) is 21.2. The zero-order valence-electron chi connectivity index (χ0n) is 13.8. The zero-order valence-corrected chi connectivity index (χ0v) is 15.3. The standard InChI is InChI=1S/C16H21BrN4O2/c1-15(2)9(5-6-16(15,3)14(22)23-4)13-20-11(17)10-12(18)19-7-8-21(10)13/h7-9H,5-6H2,1-4H3,(H2,18,19)/t9-,16-/m0/s1. The summed E-state index contributed by atoms with van der Waals surface area (Å²) in [6, 6.07) is 0. The van der Waals surface area contributed by atoms with E-state index in [4.69, 9.17) is 10.5 Å². The van der Waals surface area contributed by atoms with Crippen LogP contribution in [0.5, 0.6) is 0 Å². The largest absolute Gasteiger partial charge is 0.469 e. The highest BCUT2D eigenvalue weighted by Crippen LogP contribution is 2.60. The van der Waals surface area contributed by atoms with Crippen LogP contribution in [-0.4, -0.2) is 27.4 Å². The van der Waals surface area contributed by atoms with Crippen LogP contribution in [0, 0.1) is 10.8 Å². The van der Waals surface area contributed by atoms with E-state index in [1.54, 1.807) is 6.20 Å². The average molecular weight is 381 g/mol. The highest BCUT2D eigenvalue weighted by Gasteiger charge is 2.58.